The molecule has 7 heteroatoms. The van der Waals surface area contributed by atoms with E-state index in [1.165, 1.54) is 25.1 Å². The molecule has 0 aromatic heterocycles. The van der Waals surface area contributed by atoms with E-state index < -0.39 is 17.7 Å². The fraction of sp³-hybridized carbons (Fsp3) is 0.250. The van der Waals surface area contributed by atoms with E-state index in [2.05, 4.69) is 4.74 Å². The Bertz CT molecular complexity index is 490. The average Bonchev–Trinajstić information content (AvgIpc) is 2.23. The lowest BCUT2D eigenvalue weighted by molar-refractivity contribution is -0.136. The molecule has 2 nitrogen and oxygen atoms in total. The van der Waals surface area contributed by atoms with Gasteiger partial charge in [0.2, 0.25) is 0 Å². The molecule has 0 aliphatic rings. The molecular formula is C12H9Cl2F3O2. The predicted octanol–water partition coefficient (Wildman–Crippen LogP) is 4.50. The molecule has 0 amide bonds. The quantitative estimate of drug-likeness (QED) is 0.606. The summed E-state index contributed by atoms with van der Waals surface area (Å²) in [6, 6.07) is 3.77. The first-order valence-electron chi connectivity index (χ1n) is 5.16. The molecule has 0 N–H and O–H groups in total. The van der Waals surface area contributed by atoms with Gasteiger partial charge in [-0.3, -0.25) is 0 Å². The Hall–Kier alpha value is -1.20. The largest absolute Gasteiger partial charge is 0.462 e. The van der Waals surface area contributed by atoms with E-state index >= 15 is 0 Å². The van der Waals surface area contributed by atoms with Crippen molar-refractivity contribution < 1.29 is 22.7 Å². The molecule has 1 aromatic carbocycles. The van der Waals surface area contributed by atoms with Crippen LogP contribution < -0.4 is 0 Å². The van der Waals surface area contributed by atoms with Crippen molar-refractivity contribution in [2.24, 2.45) is 0 Å². The summed E-state index contributed by atoms with van der Waals surface area (Å²) in [7, 11) is 0. The average molecular weight is 313 g/mol. The summed E-state index contributed by atoms with van der Waals surface area (Å²) >= 11 is 11.4. The van der Waals surface area contributed by atoms with Gasteiger partial charge in [-0.25, -0.2) is 4.79 Å². The zero-order chi connectivity index (χ0) is 14.6. The first-order valence-corrected chi connectivity index (χ1v) is 5.91. The SMILES string of the molecule is CCOC(=O)C(=CC(F)(F)F)c1cc(Cl)cc(Cl)c1. The van der Waals surface area contributed by atoms with Crippen LogP contribution in [-0.4, -0.2) is 18.8 Å². The smallest absolute Gasteiger partial charge is 0.410 e. The molecule has 0 fully saturated rings. The second-order valence-electron chi connectivity index (χ2n) is 3.48. The lowest BCUT2D eigenvalue weighted by atomic mass is 10.1. The van der Waals surface area contributed by atoms with Gasteiger partial charge in [-0.2, -0.15) is 13.2 Å². The molecule has 0 heterocycles. The number of alkyl halides is 3. The zero-order valence-corrected chi connectivity index (χ0v) is 11.2. The Balaban J connectivity index is 3.31. The molecule has 19 heavy (non-hydrogen) atoms. The third-order valence-electron chi connectivity index (χ3n) is 1.98. The molecule has 0 bridgehead atoms. The highest BCUT2D eigenvalue weighted by Gasteiger charge is 2.28. The maximum Gasteiger partial charge on any atom is 0.410 e. The van der Waals surface area contributed by atoms with Crippen LogP contribution in [0.25, 0.3) is 5.57 Å². The Morgan fingerprint density at radius 3 is 2.21 bits per heavy atom. The summed E-state index contributed by atoms with van der Waals surface area (Å²) in [6.45, 7) is 1.45. The van der Waals surface area contributed by atoms with E-state index in [4.69, 9.17) is 23.2 Å². The van der Waals surface area contributed by atoms with Crippen molar-refractivity contribution >= 4 is 34.7 Å². The minimum atomic E-state index is -4.66. The fourth-order valence-corrected chi connectivity index (χ4v) is 1.87. The molecule has 0 aliphatic carbocycles. The van der Waals surface area contributed by atoms with Crippen LogP contribution in [0.1, 0.15) is 12.5 Å². The number of benzene rings is 1. The monoisotopic (exact) mass is 312 g/mol. The van der Waals surface area contributed by atoms with Gasteiger partial charge < -0.3 is 4.74 Å². The molecule has 104 valence electrons. The van der Waals surface area contributed by atoms with E-state index in [9.17, 15) is 18.0 Å². The number of halogens is 5. The van der Waals surface area contributed by atoms with Gasteiger partial charge in [0.1, 0.15) is 0 Å². The molecule has 1 aromatic rings. The minimum Gasteiger partial charge on any atom is -0.462 e. The summed E-state index contributed by atoms with van der Waals surface area (Å²) in [4.78, 5) is 11.6. The van der Waals surface area contributed by atoms with E-state index in [0.717, 1.165) is 0 Å². The van der Waals surface area contributed by atoms with E-state index in [1.807, 2.05) is 0 Å². The molecule has 0 radical (unpaired) electrons. The summed E-state index contributed by atoms with van der Waals surface area (Å²) in [5.41, 5.74) is -0.688. The third-order valence-corrected chi connectivity index (χ3v) is 2.41. The lowest BCUT2D eigenvalue weighted by Gasteiger charge is -2.10. The maximum absolute atomic E-state index is 12.4. The van der Waals surface area contributed by atoms with Crippen LogP contribution in [0.3, 0.4) is 0 Å². The molecule has 1 rings (SSSR count). The van der Waals surface area contributed by atoms with Crippen molar-refractivity contribution in [2.75, 3.05) is 6.61 Å². The van der Waals surface area contributed by atoms with Gasteiger partial charge in [0.05, 0.1) is 12.2 Å². The van der Waals surface area contributed by atoms with E-state index in [-0.39, 0.29) is 28.3 Å². The number of hydrogen-bond donors (Lipinski definition) is 0. The molecule has 0 atom stereocenters. The van der Waals surface area contributed by atoms with Crippen LogP contribution >= 0.6 is 23.2 Å². The van der Waals surface area contributed by atoms with Gasteiger partial charge in [-0.15, -0.1) is 0 Å². The van der Waals surface area contributed by atoms with Gasteiger partial charge in [-0.05, 0) is 30.7 Å². The van der Waals surface area contributed by atoms with Gasteiger partial charge >= 0.3 is 12.1 Å². The molecule has 0 unspecified atom stereocenters. The fourth-order valence-electron chi connectivity index (χ4n) is 1.34. The maximum atomic E-state index is 12.4. The molecule has 0 saturated carbocycles. The molecule has 0 saturated heterocycles. The highest BCUT2D eigenvalue weighted by molar-refractivity contribution is 6.35. The summed E-state index contributed by atoms with van der Waals surface area (Å²) in [5, 5.41) is 0.250. The number of ether oxygens (including phenoxy) is 1. The number of carbonyl (C=O) groups is 1. The van der Waals surface area contributed by atoms with Crippen molar-refractivity contribution in [3.8, 4) is 0 Å². The third kappa shape index (κ3) is 5.12. The van der Waals surface area contributed by atoms with Crippen LogP contribution in [0.5, 0.6) is 0 Å². The van der Waals surface area contributed by atoms with Crippen molar-refractivity contribution in [2.45, 2.75) is 13.1 Å². The number of rotatable bonds is 3. The number of hydrogen-bond acceptors (Lipinski definition) is 2. The van der Waals surface area contributed by atoms with Crippen LogP contribution in [0, 0.1) is 0 Å². The highest BCUT2D eigenvalue weighted by Crippen LogP contribution is 2.29. The van der Waals surface area contributed by atoms with Crippen LogP contribution in [0.2, 0.25) is 10.0 Å². The standard InChI is InChI=1S/C12H9Cl2F3O2/c1-2-19-11(18)10(6-12(15,16)17)7-3-8(13)5-9(14)4-7/h3-6H,2H2,1H3. The van der Waals surface area contributed by atoms with E-state index in [0.29, 0.717) is 0 Å². The second kappa shape index (κ2) is 6.30. The normalized spacial score (nSPS) is 12.4. The second-order valence-corrected chi connectivity index (χ2v) is 4.35. The summed E-state index contributed by atoms with van der Waals surface area (Å²) in [5.74, 6) is -1.09. The summed E-state index contributed by atoms with van der Waals surface area (Å²) in [6.07, 6.45) is -4.79. The lowest BCUT2D eigenvalue weighted by Crippen LogP contribution is -2.12. The highest BCUT2D eigenvalue weighted by atomic mass is 35.5. The number of allylic oxidation sites excluding steroid dienone is 1. The Morgan fingerprint density at radius 1 is 1.26 bits per heavy atom. The Labute approximate surface area is 117 Å². The number of esters is 1. The van der Waals surface area contributed by atoms with Crippen molar-refractivity contribution in [1.29, 1.82) is 0 Å². The van der Waals surface area contributed by atoms with E-state index in [1.54, 1.807) is 0 Å². The minimum absolute atomic E-state index is 0.0394. The summed E-state index contributed by atoms with van der Waals surface area (Å²) < 4.78 is 41.9. The van der Waals surface area contributed by atoms with Gasteiger partial charge in [0.25, 0.3) is 0 Å². The number of carbonyl (C=O) groups excluding carboxylic acids is 1. The Kier molecular flexibility index (Phi) is 5.26. The van der Waals surface area contributed by atoms with Crippen LogP contribution in [-0.2, 0) is 9.53 Å². The van der Waals surface area contributed by atoms with Crippen molar-refractivity contribution in [1.82, 2.24) is 0 Å². The van der Waals surface area contributed by atoms with Gasteiger partial charge in [0.15, 0.2) is 0 Å². The van der Waals surface area contributed by atoms with Crippen LogP contribution in [0.15, 0.2) is 24.3 Å². The van der Waals surface area contributed by atoms with Crippen molar-refractivity contribution in [3.63, 3.8) is 0 Å². The Morgan fingerprint density at radius 2 is 1.79 bits per heavy atom. The zero-order valence-electron chi connectivity index (χ0n) is 9.72. The predicted molar refractivity (Wildman–Crippen MR) is 67.1 cm³/mol. The van der Waals surface area contributed by atoms with Gasteiger partial charge in [0, 0.05) is 16.1 Å². The molecular weight excluding hydrogens is 304 g/mol. The van der Waals surface area contributed by atoms with Crippen molar-refractivity contribution in [3.05, 3.63) is 39.9 Å². The van der Waals surface area contributed by atoms with Gasteiger partial charge in [-0.1, -0.05) is 23.2 Å². The first kappa shape index (κ1) is 15.9. The molecule has 0 aliphatic heterocycles. The first-order chi connectivity index (χ1) is 8.73. The van der Waals surface area contributed by atoms with Crippen LogP contribution in [0.4, 0.5) is 13.2 Å². The molecule has 0 spiro atoms. The topological polar surface area (TPSA) is 26.3 Å².